The van der Waals surface area contributed by atoms with Gasteiger partial charge in [0.15, 0.2) is 0 Å². The average molecular weight is 252 g/mol. The zero-order valence-electron chi connectivity index (χ0n) is 10.3. The lowest BCUT2D eigenvalue weighted by Crippen LogP contribution is -2.40. The zero-order chi connectivity index (χ0) is 12.1. The maximum atomic E-state index is 11.7. The lowest BCUT2D eigenvalue weighted by atomic mass is 10.0. The second-order valence-corrected chi connectivity index (χ2v) is 5.60. The fourth-order valence-electron chi connectivity index (χ4n) is 2.31. The van der Waals surface area contributed by atoms with Gasteiger partial charge < -0.3 is 10.2 Å². The predicted molar refractivity (Wildman–Crippen MR) is 71.5 cm³/mol. The molecule has 1 atom stereocenters. The Labute approximate surface area is 107 Å². The maximum absolute atomic E-state index is 11.7. The van der Waals surface area contributed by atoms with Gasteiger partial charge in [-0.1, -0.05) is 6.92 Å². The van der Waals surface area contributed by atoms with Crippen molar-refractivity contribution in [3.8, 4) is 0 Å². The summed E-state index contributed by atoms with van der Waals surface area (Å²) in [7, 11) is 0. The van der Waals surface area contributed by atoms with Crippen molar-refractivity contribution >= 4 is 17.2 Å². The lowest BCUT2D eigenvalue weighted by molar-refractivity contribution is 0.0944. The van der Waals surface area contributed by atoms with Gasteiger partial charge in [0.05, 0.1) is 0 Å². The van der Waals surface area contributed by atoms with Gasteiger partial charge in [0.1, 0.15) is 0 Å². The minimum Gasteiger partial charge on any atom is -0.351 e. The number of piperidine rings is 1. The van der Waals surface area contributed by atoms with Crippen LogP contribution in [-0.2, 0) is 0 Å². The van der Waals surface area contributed by atoms with E-state index in [4.69, 9.17) is 0 Å². The highest BCUT2D eigenvalue weighted by molar-refractivity contribution is 7.08. The number of likely N-dealkylation sites (tertiary alicyclic amines) is 1. The van der Waals surface area contributed by atoms with Crippen LogP contribution in [-0.4, -0.2) is 37.0 Å². The molecule has 1 aliphatic rings. The highest BCUT2D eigenvalue weighted by atomic mass is 32.1. The summed E-state index contributed by atoms with van der Waals surface area (Å²) >= 11 is 1.56. The van der Waals surface area contributed by atoms with E-state index < -0.39 is 0 Å². The second-order valence-electron chi connectivity index (χ2n) is 4.82. The molecule has 0 aromatic carbocycles. The Balaban J connectivity index is 1.67. The molecule has 0 spiro atoms. The molecule has 2 rings (SSSR count). The molecule has 1 aliphatic heterocycles. The number of carbonyl (C=O) groups excluding carboxylic acids is 1. The summed E-state index contributed by atoms with van der Waals surface area (Å²) in [6, 6.07) is 1.86. The largest absolute Gasteiger partial charge is 0.351 e. The SMILES string of the molecule is C[C@H]1CCCN(CCNC(=O)c2ccsc2)C1. The predicted octanol–water partition coefficient (Wildman–Crippen LogP) is 2.21. The highest BCUT2D eigenvalue weighted by Gasteiger charge is 2.15. The lowest BCUT2D eigenvalue weighted by Gasteiger charge is -2.30. The van der Waals surface area contributed by atoms with Crippen molar-refractivity contribution in [2.45, 2.75) is 19.8 Å². The Morgan fingerprint density at radius 3 is 3.24 bits per heavy atom. The highest BCUT2D eigenvalue weighted by Crippen LogP contribution is 2.14. The van der Waals surface area contributed by atoms with Crippen molar-refractivity contribution < 1.29 is 4.79 Å². The van der Waals surface area contributed by atoms with E-state index in [0.29, 0.717) is 0 Å². The topological polar surface area (TPSA) is 32.3 Å². The van der Waals surface area contributed by atoms with Gasteiger partial charge in [-0.3, -0.25) is 4.79 Å². The van der Waals surface area contributed by atoms with Crippen molar-refractivity contribution in [1.29, 1.82) is 0 Å². The van der Waals surface area contributed by atoms with E-state index in [1.807, 2.05) is 16.8 Å². The van der Waals surface area contributed by atoms with Gasteiger partial charge in [0.2, 0.25) is 0 Å². The molecule has 1 amide bonds. The molecule has 1 fully saturated rings. The summed E-state index contributed by atoms with van der Waals surface area (Å²) in [6.07, 6.45) is 2.64. The number of rotatable bonds is 4. The Morgan fingerprint density at radius 1 is 1.65 bits per heavy atom. The third-order valence-corrected chi connectivity index (χ3v) is 3.92. The minimum atomic E-state index is 0.0521. The van der Waals surface area contributed by atoms with Crippen molar-refractivity contribution in [2.24, 2.45) is 5.92 Å². The number of nitrogens with one attached hydrogen (secondary N) is 1. The number of thiophene rings is 1. The number of hydrogen-bond acceptors (Lipinski definition) is 3. The summed E-state index contributed by atoms with van der Waals surface area (Å²) < 4.78 is 0. The van der Waals surface area contributed by atoms with E-state index in [1.54, 1.807) is 11.3 Å². The third kappa shape index (κ3) is 3.82. The van der Waals surface area contributed by atoms with Crippen LogP contribution in [0.1, 0.15) is 30.1 Å². The molecular weight excluding hydrogens is 232 g/mol. The Bertz CT molecular complexity index is 350. The van der Waals surface area contributed by atoms with Gasteiger partial charge in [-0.05, 0) is 36.8 Å². The van der Waals surface area contributed by atoms with Gasteiger partial charge in [-0.2, -0.15) is 11.3 Å². The standard InChI is InChI=1S/C13H20N2OS/c1-11-3-2-6-15(9-11)7-5-14-13(16)12-4-8-17-10-12/h4,8,10-11H,2-3,5-7,9H2,1H3,(H,14,16)/t11-/m0/s1. The molecule has 0 aliphatic carbocycles. The van der Waals surface area contributed by atoms with Crippen molar-refractivity contribution in [1.82, 2.24) is 10.2 Å². The van der Waals surface area contributed by atoms with Crippen molar-refractivity contribution in [2.75, 3.05) is 26.2 Å². The quantitative estimate of drug-likeness (QED) is 0.891. The van der Waals surface area contributed by atoms with Crippen LogP contribution in [0.15, 0.2) is 16.8 Å². The number of nitrogens with zero attached hydrogens (tertiary/aromatic N) is 1. The molecule has 0 radical (unpaired) electrons. The van der Waals surface area contributed by atoms with Gasteiger partial charge in [0, 0.05) is 30.6 Å². The molecule has 4 heteroatoms. The Morgan fingerprint density at radius 2 is 2.53 bits per heavy atom. The van der Waals surface area contributed by atoms with Crippen LogP contribution in [0.25, 0.3) is 0 Å². The van der Waals surface area contributed by atoms with E-state index in [-0.39, 0.29) is 5.91 Å². The Hall–Kier alpha value is -0.870. The summed E-state index contributed by atoms with van der Waals surface area (Å²) in [4.78, 5) is 14.1. The molecule has 0 saturated carbocycles. The molecule has 1 N–H and O–H groups in total. The summed E-state index contributed by atoms with van der Waals surface area (Å²) in [5.74, 6) is 0.854. The first-order valence-electron chi connectivity index (χ1n) is 6.28. The number of amides is 1. The first-order chi connectivity index (χ1) is 8.25. The summed E-state index contributed by atoms with van der Waals surface area (Å²) in [5, 5.41) is 6.79. The molecule has 3 nitrogen and oxygen atoms in total. The number of hydrogen-bond donors (Lipinski definition) is 1. The van der Waals surface area contributed by atoms with Gasteiger partial charge >= 0.3 is 0 Å². The molecule has 1 aromatic heterocycles. The maximum Gasteiger partial charge on any atom is 0.252 e. The van der Waals surface area contributed by atoms with Crippen molar-refractivity contribution in [3.63, 3.8) is 0 Å². The van der Waals surface area contributed by atoms with Crippen molar-refractivity contribution in [3.05, 3.63) is 22.4 Å². The van der Waals surface area contributed by atoms with Crippen LogP contribution >= 0.6 is 11.3 Å². The van der Waals surface area contributed by atoms with Crippen LogP contribution < -0.4 is 5.32 Å². The van der Waals surface area contributed by atoms with E-state index in [1.165, 1.54) is 25.9 Å². The third-order valence-electron chi connectivity index (χ3n) is 3.24. The van der Waals surface area contributed by atoms with Crippen LogP contribution in [0.4, 0.5) is 0 Å². The van der Waals surface area contributed by atoms with Crippen LogP contribution in [0, 0.1) is 5.92 Å². The minimum absolute atomic E-state index is 0.0521. The summed E-state index contributed by atoms with van der Waals surface area (Å²) in [6.45, 7) is 6.38. The first kappa shape index (κ1) is 12.6. The molecule has 1 saturated heterocycles. The molecule has 1 aromatic rings. The molecule has 94 valence electrons. The Kier molecular flexibility index (Phi) is 4.57. The first-order valence-corrected chi connectivity index (χ1v) is 7.23. The number of carbonyl (C=O) groups is 1. The normalized spacial score (nSPS) is 21.4. The molecule has 17 heavy (non-hydrogen) atoms. The molecule has 0 unspecified atom stereocenters. The average Bonchev–Trinajstić information content (AvgIpc) is 2.82. The van der Waals surface area contributed by atoms with Crippen LogP contribution in [0.2, 0.25) is 0 Å². The van der Waals surface area contributed by atoms with Gasteiger partial charge in [0.25, 0.3) is 5.91 Å². The second kappa shape index (κ2) is 6.17. The van der Waals surface area contributed by atoms with E-state index >= 15 is 0 Å². The van der Waals surface area contributed by atoms with E-state index in [0.717, 1.165) is 24.6 Å². The smallest absolute Gasteiger partial charge is 0.252 e. The monoisotopic (exact) mass is 252 g/mol. The van der Waals surface area contributed by atoms with E-state index in [2.05, 4.69) is 17.1 Å². The zero-order valence-corrected chi connectivity index (χ0v) is 11.1. The molecular formula is C13H20N2OS. The fourth-order valence-corrected chi connectivity index (χ4v) is 2.95. The van der Waals surface area contributed by atoms with Gasteiger partial charge in [-0.15, -0.1) is 0 Å². The summed E-state index contributed by atoms with van der Waals surface area (Å²) in [5.41, 5.74) is 0.780. The fraction of sp³-hybridized carbons (Fsp3) is 0.615. The molecule has 0 bridgehead atoms. The molecule has 2 heterocycles. The van der Waals surface area contributed by atoms with Gasteiger partial charge in [-0.25, -0.2) is 0 Å². The van der Waals surface area contributed by atoms with Crippen LogP contribution in [0.5, 0.6) is 0 Å². The van der Waals surface area contributed by atoms with E-state index in [9.17, 15) is 4.79 Å². The van der Waals surface area contributed by atoms with Crippen LogP contribution in [0.3, 0.4) is 0 Å².